The Labute approximate surface area is 81.4 Å². The molecule has 0 aromatic carbocycles. The summed E-state index contributed by atoms with van der Waals surface area (Å²) in [7, 11) is 0. The van der Waals surface area contributed by atoms with Gasteiger partial charge in [-0.3, -0.25) is 0 Å². The van der Waals surface area contributed by atoms with E-state index >= 15 is 0 Å². The third kappa shape index (κ3) is 4.02. The van der Waals surface area contributed by atoms with E-state index in [2.05, 4.69) is 23.8 Å². The number of hydrogen-bond donors (Lipinski definition) is 0. The van der Waals surface area contributed by atoms with Crippen LogP contribution in [0.25, 0.3) is 0 Å². The standard InChI is InChI=1S/C9H14N2.C2H6/c1-3-8(4-2)9-10-6-5-7-11-9;1-2/h5-8H,3-4H2,1-2H3;1-2H3. The van der Waals surface area contributed by atoms with Crippen molar-refractivity contribution in [2.75, 3.05) is 0 Å². The maximum absolute atomic E-state index is 4.21. The van der Waals surface area contributed by atoms with Crippen LogP contribution in [0.5, 0.6) is 0 Å². The second kappa shape index (κ2) is 7.71. The lowest BCUT2D eigenvalue weighted by Crippen LogP contribution is -2.00. The summed E-state index contributed by atoms with van der Waals surface area (Å²) in [5.74, 6) is 1.52. The van der Waals surface area contributed by atoms with Crippen molar-refractivity contribution in [1.29, 1.82) is 0 Å². The minimum absolute atomic E-state index is 0.538. The predicted octanol–water partition coefficient (Wildman–Crippen LogP) is 3.41. The Morgan fingerprint density at radius 1 is 1.08 bits per heavy atom. The van der Waals surface area contributed by atoms with Crippen molar-refractivity contribution in [3.05, 3.63) is 24.3 Å². The Morgan fingerprint density at radius 3 is 1.92 bits per heavy atom. The Morgan fingerprint density at radius 2 is 1.54 bits per heavy atom. The van der Waals surface area contributed by atoms with Gasteiger partial charge in [0.1, 0.15) is 5.82 Å². The average Bonchev–Trinajstić information content (AvgIpc) is 2.24. The molecule has 13 heavy (non-hydrogen) atoms. The van der Waals surface area contributed by atoms with Crippen molar-refractivity contribution in [3.63, 3.8) is 0 Å². The molecule has 0 bridgehead atoms. The molecule has 0 aliphatic carbocycles. The molecule has 0 spiro atoms. The lowest BCUT2D eigenvalue weighted by molar-refractivity contribution is 0.601. The van der Waals surface area contributed by atoms with Crippen molar-refractivity contribution in [1.82, 2.24) is 9.97 Å². The van der Waals surface area contributed by atoms with Crippen LogP contribution in [0.15, 0.2) is 18.5 Å². The summed E-state index contributed by atoms with van der Waals surface area (Å²) in [6, 6.07) is 1.85. The van der Waals surface area contributed by atoms with Crippen molar-refractivity contribution in [2.45, 2.75) is 46.5 Å². The maximum Gasteiger partial charge on any atom is 0.131 e. The highest BCUT2D eigenvalue weighted by Gasteiger charge is 2.07. The zero-order valence-corrected chi connectivity index (χ0v) is 9.12. The molecule has 2 nitrogen and oxygen atoms in total. The largest absolute Gasteiger partial charge is 0.241 e. The van der Waals surface area contributed by atoms with Crippen LogP contribution >= 0.6 is 0 Å². The normalized spacial score (nSPS) is 9.31. The van der Waals surface area contributed by atoms with E-state index in [4.69, 9.17) is 0 Å². The third-order valence-electron chi connectivity index (χ3n) is 1.94. The molecule has 1 aromatic heterocycles. The fourth-order valence-electron chi connectivity index (χ4n) is 1.18. The number of nitrogens with zero attached hydrogens (tertiary/aromatic N) is 2. The zero-order chi connectivity index (χ0) is 10.1. The molecule has 0 radical (unpaired) electrons. The second-order valence-electron chi connectivity index (χ2n) is 2.62. The van der Waals surface area contributed by atoms with E-state index in [1.54, 1.807) is 12.4 Å². The average molecular weight is 180 g/mol. The number of rotatable bonds is 3. The maximum atomic E-state index is 4.21. The molecule has 0 amide bonds. The molecule has 1 heterocycles. The molecule has 0 N–H and O–H groups in total. The van der Waals surface area contributed by atoms with Crippen LogP contribution < -0.4 is 0 Å². The van der Waals surface area contributed by atoms with Crippen molar-refractivity contribution in [2.24, 2.45) is 0 Å². The third-order valence-corrected chi connectivity index (χ3v) is 1.94. The van der Waals surface area contributed by atoms with E-state index in [1.807, 2.05) is 19.9 Å². The second-order valence-corrected chi connectivity index (χ2v) is 2.62. The van der Waals surface area contributed by atoms with E-state index in [0.29, 0.717) is 5.92 Å². The molecule has 0 saturated heterocycles. The topological polar surface area (TPSA) is 25.8 Å². The molecule has 0 saturated carbocycles. The summed E-state index contributed by atoms with van der Waals surface area (Å²) in [4.78, 5) is 8.42. The van der Waals surface area contributed by atoms with Crippen LogP contribution in [0.2, 0.25) is 0 Å². The Kier molecular flexibility index (Phi) is 7.17. The van der Waals surface area contributed by atoms with Gasteiger partial charge < -0.3 is 0 Å². The molecule has 0 aliphatic rings. The molecule has 0 aliphatic heterocycles. The quantitative estimate of drug-likeness (QED) is 0.712. The Hall–Kier alpha value is -0.920. The lowest BCUT2D eigenvalue weighted by atomic mass is 10.0. The van der Waals surface area contributed by atoms with Gasteiger partial charge in [-0.15, -0.1) is 0 Å². The van der Waals surface area contributed by atoms with Gasteiger partial charge in [-0.1, -0.05) is 27.7 Å². The van der Waals surface area contributed by atoms with Crippen molar-refractivity contribution < 1.29 is 0 Å². The summed E-state index contributed by atoms with van der Waals surface area (Å²) in [5.41, 5.74) is 0. The van der Waals surface area contributed by atoms with Crippen LogP contribution in [0.1, 0.15) is 52.3 Å². The summed E-state index contributed by atoms with van der Waals surface area (Å²) in [6.07, 6.45) is 5.86. The predicted molar refractivity (Wildman–Crippen MR) is 56.7 cm³/mol. The lowest BCUT2D eigenvalue weighted by Gasteiger charge is -2.08. The summed E-state index contributed by atoms with van der Waals surface area (Å²) in [5, 5.41) is 0. The summed E-state index contributed by atoms with van der Waals surface area (Å²) < 4.78 is 0. The highest BCUT2D eigenvalue weighted by Crippen LogP contribution is 2.17. The van der Waals surface area contributed by atoms with E-state index in [0.717, 1.165) is 18.7 Å². The highest BCUT2D eigenvalue weighted by atomic mass is 14.9. The molecule has 0 fully saturated rings. The summed E-state index contributed by atoms with van der Waals surface area (Å²) in [6.45, 7) is 8.34. The van der Waals surface area contributed by atoms with Gasteiger partial charge >= 0.3 is 0 Å². The molecular weight excluding hydrogens is 160 g/mol. The van der Waals surface area contributed by atoms with E-state index < -0.39 is 0 Å². The van der Waals surface area contributed by atoms with Gasteiger partial charge in [-0.2, -0.15) is 0 Å². The first-order chi connectivity index (χ1) is 6.38. The fraction of sp³-hybridized carbons (Fsp3) is 0.636. The Balaban J connectivity index is 0.000000671. The van der Waals surface area contributed by atoms with E-state index in [1.165, 1.54) is 0 Å². The van der Waals surface area contributed by atoms with Crippen LogP contribution in [-0.2, 0) is 0 Å². The molecule has 0 unspecified atom stereocenters. The SMILES string of the molecule is CC.CCC(CC)c1ncccn1. The fourth-order valence-corrected chi connectivity index (χ4v) is 1.18. The highest BCUT2D eigenvalue weighted by molar-refractivity contribution is 4.95. The summed E-state index contributed by atoms with van der Waals surface area (Å²) >= 11 is 0. The Bertz CT molecular complexity index is 193. The molecule has 2 heteroatoms. The number of hydrogen-bond acceptors (Lipinski definition) is 2. The monoisotopic (exact) mass is 180 g/mol. The first-order valence-corrected chi connectivity index (χ1v) is 5.15. The first-order valence-electron chi connectivity index (χ1n) is 5.15. The van der Waals surface area contributed by atoms with Crippen LogP contribution in [-0.4, -0.2) is 9.97 Å². The van der Waals surface area contributed by atoms with Crippen molar-refractivity contribution in [3.8, 4) is 0 Å². The minimum Gasteiger partial charge on any atom is -0.241 e. The molecule has 1 rings (SSSR count). The van der Waals surface area contributed by atoms with Crippen LogP contribution in [0.3, 0.4) is 0 Å². The van der Waals surface area contributed by atoms with Gasteiger partial charge in [0, 0.05) is 18.3 Å². The number of aromatic nitrogens is 2. The minimum atomic E-state index is 0.538. The van der Waals surface area contributed by atoms with Gasteiger partial charge in [0.05, 0.1) is 0 Å². The van der Waals surface area contributed by atoms with Crippen LogP contribution in [0.4, 0.5) is 0 Å². The van der Waals surface area contributed by atoms with Gasteiger partial charge in [0.2, 0.25) is 0 Å². The van der Waals surface area contributed by atoms with E-state index in [9.17, 15) is 0 Å². The molecule has 0 atom stereocenters. The molecule has 74 valence electrons. The van der Waals surface area contributed by atoms with Gasteiger partial charge in [-0.05, 0) is 18.9 Å². The first kappa shape index (κ1) is 12.1. The van der Waals surface area contributed by atoms with Gasteiger partial charge in [0.15, 0.2) is 0 Å². The molecular formula is C11H20N2. The zero-order valence-electron chi connectivity index (χ0n) is 9.12. The molecule has 1 aromatic rings. The van der Waals surface area contributed by atoms with E-state index in [-0.39, 0.29) is 0 Å². The van der Waals surface area contributed by atoms with Crippen LogP contribution in [0, 0.1) is 0 Å². The smallest absolute Gasteiger partial charge is 0.131 e. The van der Waals surface area contributed by atoms with Crippen molar-refractivity contribution >= 4 is 0 Å². The van der Waals surface area contributed by atoms with Gasteiger partial charge in [0.25, 0.3) is 0 Å². The van der Waals surface area contributed by atoms with Gasteiger partial charge in [-0.25, -0.2) is 9.97 Å².